The highest BCUT2D eigenvalue weighted by Gasteiger charge is 2.27. The molecule has 0 atom stereocenters. The van der Waals surface area contributed by atoms with Gasteiger partial charge in [0.25, 0.3) is 0 Å². The quantitative estimate of drug-likeness (QED) is 0.466. The van der Waals surface area contributed by atoms with Crippen LogP contribution >= 0.6 is 0 Å². The van der Waals surface area contributed by atoms with E-state index >= 15 is 0 Å². The third-order valence-electron chi connectivity index (χ3n) is 5.85. The average Bonchev–Trinajstić information content (AvgIpc) is 3.21. The molecule has 7 nitrogen and oxygen atoms in total. The molecule has 9 heteroatoms. The number of hydrogen-bond donors (Lipinski definition) is 1. The highest BCUT2D eigenvalue weighted by molar-refractivity contribution is 7.89. The summed E-state index contributed by atoms with van der Waals surface area (Å²) in [5, 5.41) is 7.40. The van der Waals surface area contributed by atoms with Crippen LogP contribution in [0.5, 0.6) is 0 Å². The number of carbonyl (C=O) groups is 1. The van der Waals surface area contributed by atoms with Crippen molar-refractivity contribution < 1.29 is 17.6 Å². The fourth-order valence-electron chi connectivity index (χ4n) is 3.60. The van der Waals surface area contributed by atoms with Crippen LogP contribution in [0, 0.1) is 5.82 Å². The number of nitrogens with one attached hydrogen (secondary N) is 1. The summed E-state index contributed by atoms with van der Waals surface area (Å²) in [6, 6.07) is 14.3. The molecule has 0 fully saturated rings. The molecule has 0 radical (unpaired) electrons. The van der Waals surface area contributed by atoms with Gasteiger partial charge in [0.05, 0.1) is 22.8 Å². The smallest absolute Gasteiger partial charge is 0.243 e. The normalized spacial score (nSPS) is 12.7. The van der Waals surface area contributed by atoms with E-state index in [4.69, 9.17) is 0 Å². The summed E-state index contributed by atoms with van der Waals surface area (Å²) in [5.41, 5.74) is 1.91. The van der Waals surface area contributed by atoms with Gasteiger partial charge < -0.3 is 5.32 Å². The van der Waals surface area contributed by atoms with E-state index in [2.05, 4.69) is 31.2 Å². The lowest BCUT2D eigenvalue weighted by Crippen LogP contribution is -2.38. The molecule has 2 aromatic carbocycles. The Balaban J connectivity index is 1.86. The van der Waals surface area contributed by atoms with Crippen molar-refractivity contribution in [2.75, 3.05) is 18.4 Å². The SMILES string of the molecule is CCN(CC(=O)Nc1cc(C(C)(C)C)nn1-c1ccc(F)cc1)S(=O)(=O)c1ccc(C(C)(C)C)cc1. The molecule has 0 saturated carbocycles. The number of likely N-dealkylation sites (N-methyl/N-ethyl adjacent to an activating group) is 1. The van der Waals surface area contributed by atoms with E-state index in [9.17, 15) is 17.6 Å². The number of aromatic nitrogens is 2. The second-order valence-corrected chi connectivity index (χ2v) is 12.7. The zero-order valence-corrected chi connectivity index (χ0v) is 22.8. The molecule has 3 rings (SSSR count). The molecule has 0 bridgehead atoms. The molecule has 1 amide bonds. The fourth-order valence-corrected chi connectivity index (χ4v) is 5.01. The van der Waals surface area contributed by atoms with Gasteiger partial charge in [0, 0.05) is 18.0 Å². The first kappa shape index (κ1) is 27.5. The number of benzene rings is 2. The number of sulfonamides is 1. The average molecular weight is 515 g/mol. The van der Waals surface area contributed by atoms with Gasteiger partial charge in [-0.3, -0.25) is 4.79 Å². The van der Waals surface area contributed by atoms with E-state index in [0.29, 0.717) is 11.5 Å². The van der Waals surface area contributed by atoms with E-state index in [1.165, 1.54) is 16.8 Å². The molecular weight excluding hydrogens is 479 g/mol. The maximum atomic E-state index is 13.5. The van der Waals surface area contributed by atoms with Crippen LogP contribution in [-0.4, -0.2) is 41.5 Å². The lowest BCUT2D eigenvalue weighted by atomic mass is 9.87. The number of carbonyl (C=O) groups excluding carboxylic acids is 1. The van der Waals surface area contributed by atoms with E-state index in [1.54, 1.807) is 49.4 Å². The monoisotopic (exact) mass is 514 g/mol. The van der Waals surface area contributed by atoms with E-state index in [1.807, 2.05) is 20.8 Å². The van der Waals surface area contributed by atoms with E-state index < -0.39 is 15.9 Å². The number of amides is 1. The molecule has 36 heavy (non-hydrogen) atoms. The zero-order valence-electron chi connectivity index (χ0n) is 22.0. The maximum Gasteiger partial charge on any atom is 0.243 e. The highest BCUT2D eigenvalue weighted by Crippen LogP contribution is 2.27. The summed E-state index contributed by atoms with van der Waals surface area (Å²) in [6.45, 7) is 13.6. The number of nitrogens with zero attached hydrogens (tertiary/aromatic N) is 3. The largest absolute Gasteiger partial charge is 0.309 e. The second-order valence-electron chi connectivity index (χ2n) is 10.8. The molecule has 0 saturated heterocycles. The molecule has 0 spiro atoms. The molecule has 194 valence electrons. The van der Waals surface area contributed by atoms with Crippen molar-refractivity contribution in [3.63, 3.8) is 0 Å². The lowest BCUT2D eigenvalue weighted by molar-refractivity contribution is -0.116. The molecule has 1 N–H and O–H groups in total. The minimum atomic E-state index is -3.88. The van der Waals surface area contributed by atoms with Crippen molar-refractivity contribution in [1.82, 2.24) is 14.1 Å². The molecule has 0 aliphatic rings. The van der Waals surface area contributed by atoms with Crippen LogP contribution < -0.4 is 5.32 Å². The molecule has 1 heterocycles. The van der Waals surface area contributed by atoms with E-state index in [-0.39, 0.29) is 34.6 Å². The predicted octanol–water partition coefficient (Wildman–Crippen LogP) is 5.26. The van der Waals surface area contributed by atoms with Crippen molar-refractivity contribution in [2.45, 2.75) is 64.2 Å². The van der Waals surface area contributed by atoms with Crippen LogP contribution in [0.2, 0.25) is 0 Å². The van der Waals surface area contributed by atoms with Gasteiger partial charge in [-0.1, -0.05) is 60.6 Å². The Hall–Kier alpha value is -3.04. The Labute approximate surface area is 213 Å². The predicted molar refractivity (Wildman–Crippen MR) is 140 cm³/mol. The number of halogens is 1. The molecule has 0 unspecified atom stereocenters. The second kappa shape index (κ2) is 10.1. The molecule has 0 aliphatic heterocycles. The van der Waals surface area contributed by atoms with Crippen LogP contribution in [-0.2, 0) is 25.6 Å². The van der Waals surface area contributed by atoms with Crippen LogP contribution in [0.25, 0.3) is 5.69 Å². The van der Waals surface area contributed by atoms with Gasteiger partial charge in [-0.05, 0) is 47.4 Å². The minimum absolute atomic E-state index is 0.105. The molecule has 1 aromatic heterocycles. The van der Waals surface area contributed by atoms with Crippen LogP contribution in [0.3, 0.4) is 0 Å². The van der Waals surface area contributed by atoms with Gasteiger partial charge in [-0.15, -0.1) is 0 Å². The number of hydrogen-bond acceptors (Lipinski definition) is 4. The summed E-state index contributed by atoms with van der Waals surface area (Å²) in [4.78, 5) is 13.2. The van der Waals surface area contributed by atoms with Crippen molar-refractivity contribution in [1.29, 1.82) is 0 Å². The standard InChI is InChI=1S/C27H35FN4O3S/c1-8-31(36(34,35)22-15-9-19(10-16-22)26(2,3)4)18-25(33)29-24-17-23(27(5,6)7)30-32(24)21-13-11-20(28)12-14-21/h9-17H,8,18H2,1-7H3,(H,29,33). The summed E-state index contributed by atoms with van der Waals surface area (Å²) < 4.78 is 42.6. The lowest BCUT2D eigenvalue weighted by Gasteiger charge is -2.22. The maximum absolute atomic E-state index is 13.5. The highest BCUT2D eigenvalue weighted by atomic mass is 32.2. The first-order chi connectivity index (χ1) is 16.6. The Bertz CT molecular complexity index is 1320. The fraction of sp³-hybridized carbons (Fsp3) is 0.407. The Morgan fingerprint density at radius 3 is 2.06 bits per heavy atom. The minimum Gasteiger partial charge on any atom is -0.309 e. The van der Waals surface area contributed by atoms with Gasteiger partial charge in [-0.25, -0.2) is 17.5 Å². The Kier molecular flexibility index (Phi) is 7.76. The van der Waals surface area contributed by atoms with Crippen molar-refractivity contribution in [3.05, 3.63) is 71.7 Å². The van der Waals surface area contributed by atoms with Crippen molar-refractivity contribution in [3.8, 4) is 5.69 Å². The third kappa shape index (κ3) is 6.20. The topological polar surface area (TPSA) is 84.3 Å². The summed E-state index contributed by atoms with van der Waals surface area (Å²) >= 11 is 0. The van der Waals surface area contributed by atoms with Crippen LogP contribution in [0.4, 0.5) is 10.2 Å². The van der Waals surface area contributed by atoms with Gasteiger partial charge >= 0.3 is 0 Å². The van der Waals surface area contributed by atoms with Crippen molar-refractivity contribution in [2.24, 2.45) is 0 Å². The van der Waals surface area contributed by atoms with Gasteiger partial charge in [0.2, 0.25) is 15.9 Å². The summed E-state index contributed by atoms with van der Waals surface area (Å²) in [6.07, 6.45) is 0. The number of rotatable bonds is 7. The first-order valence-corrected chi connectivity index (χ1v) is 13.3. The molecule has 0 aliphatic carbocycles. The number of anilines is 1. The van der Waals surface area contributed by atoms with Gasteiger partial charge in [0.15, 0.2) is 0 Å². The van der Waals surface area contributed by atoms with Gasteiger partial charge in [0.1, 0.15) is 11.6 Å². The Morgan fingerprint density at radius 1 is 0.972 bits per heavy atom. The summed E-state index contributed by atoms with van der Waals surface area (Å²) in [5.74, 6) is -0.512. The molecular formula is C27H35FN4O3S. The van der Waals surface area contributed by atoms with Crippen LogP contribution in [0.15, 0.2) is 59.5 Å². The van der Waals surface area contributed by atoms with E-state index in [0.717, 1.165) is 15.6 Å². The zero-order chi connectivity index (χ0) is 26.9. The Morgan fingerprint density at radius 2 is 1.56 bits per heavy atom. The van der Waals surface area contributed by atoms with Crippen LogP contribution in [0.1, 0.15) is 59.7 Å². The van der Waals surface area contributed by atoms with Crippen molar-refractivity contribution >= 4 is 21.7 Å². The van der Waals surface area contributed by atoms with Gasteiger partial charge in [-0.2, -0.15) is 9.40 Å². The first-order valence-electron chi connectivity index (χ1n) is 11.9. The molecule has 3 aromatic rings. The summed E-state index contributed by atoms with van der Waals surface area (Å²) in [7, 11) is -3.88. The third-order valence-corrected chi connectivity index (χ3v) is 7.78.